The Hall–Kier alpha value is -1.31. The fourth-order valence-electron chi connectivity index (χ4n) is 6.81. The Labute approximate surface area is 146 Å². The summed E-state index contributed by atoms with van der Waals surface area (Å²) in [5, 5.41) is 7.35. The second kappa shape index (κ2) is 5.61. The minimum absolute atomic E-state index is 0.386. The molecule has 0 N–H and O–H groups in total. The van der Waals surface area contributed by atoms with E-state index in [1.165, 1.54) is 70.9 Å². The first-order valence-corrected chi connectivity index (χ1v) is 10.1. The van der Waals surface area contributed by atoms with Gasteiger partial charge in [0.25, 0.3) is 0 Å². The summed E-state index contributed by atoms with van der Waals surface area (Å²) in [6.45, 7) is 2.34. The van der Waals surface area contributed by atoms with E-state index >= 15 is 0 Å². The van der Waals surface area contributed by atoms with Gasteiger partial charge in [0, 0.05) is 24.7 Å². The van der Waals surface area contributed by atoms with Crippen molar-refractivity contribution in [1.29, 1.82) is 0 Å². The van der Waals surface area contributed by atoms with Gasteiger partial charge in [0.05, 0.1) is 0 Å². The van der Waals surface area contributed by atoms with Crippen LogP contribution >= 0.6 is 0 Å². The van der Waals surface area contributed by atoms with Crippen molar-refractivity contribution >= 4 is 6.21 Å². The van der Waals surface area contributed by atoms with Gasteiger partial charge in [-0.3, -0.25) is 5.01 Å². The molecule has 0 aromatic heterocycles. The van der Waals surface area contributed by atoms with Crippen LogP contribution in [0.4, 0.5) is 0 Å². The summed E-state index contributed by atoms with van der Waals surface area (Å²) in [7, 11) is 0. The van der Waals surface area contributed by atoms with Crippen LogP contribution in [0.1, 0.15) is 63.4 Å². The molecule has 2 nitrogen and oxygen atoms in total. The Balaban J connectivity index is 1.44. The molecule has 1 aromatic rings. The molecule has 5 fully saturated rings. The van der Waals surface area contributed by atoms with Crippen molar-refractivity contribution in [3.63, 3.8) is 0 Å². The average Bonchev–Trinajstić information content (AvgIpc) is 2.61. The molecule has 2 heteroatoms. The van der Waals surface area contributed by atoms with E-state index in [0.717, 1.165) is 11.8 Å². The van der Waals surface area contributed by atoms with Crippen molar-refractivity contribution in [2.24, 2.45) is 22.4 Å². The number of hydrogen-bond acceptors (Lipinski definition) is 2. The smallest absolute Gasteiger partial charge is 0.0360 e. The zero-order chi connectivity index (χ0) is 16.0. The lowest BCUT2D eigenvalue weighted by atomic mass is 9.43. The molecular formula is C22H30N2. The third-order valence-electron chi connectivity index (χ3n) is 7.32. The SMILES string of the molecule is C(=N\N1CCCCC1)/C12CC3CC(C1)CC(c1ccccc1)(C3)C2. The molecule has 2 atom stereocenters. The van der Waals surface area contributed by atoms with Crippen molar-refractivity contribution in [1.82, 2.24) is 5.01 Å². The molecule has 128 valence electrons. The molecule has 0 amide bonds. The molecule has 4 bridgehead atoms. The Morgan fingerprint density at radius 1 is 0.917 bits per heavy atom. The number of piperidine rings is 1. The highest BCUT2D eigenvalue weighted by molar-refractivity contribution is 5.67. The van der Waals surface area contributed by atoms with Crippen molar-refractivity contribution in [2.45, 2.75) is 63.2 Å². The quantitative estimate of drug-likeness (QED) is 0.715. The van der Waals surface area contributed by atoms with Gasteiger partial charge in [0.2, 0.25) is 0 Å². The van der Waals surface area contributed by atoms with E-state index in [4.69, 9.17) is 5.10 Å². The van der Waals surface area contributed by atoms with Gasteiger partial charge in [0.15, 0.2) is 0 Å². The highest BCUT2D eigenvalue weighted by atomic mass is 15.4. The third-order valence-corrected chi connectivity index (χ3v) is 7.32. The normalized spacial score (nSPS) is 41.2. The fourth-order valence-corrected chi connectivity index (χ4v) is 6.81. The first kappa shape index (κ1) is 15.0. The van der Waals surface area contributed by atoms with Crippen LogP contribution in [0.15, 0.2) is 35.4 Å². The minimum atomic E-state index is 0.386. The van der Waals surface area contributed by atoms with E-state index in [1.807, 2.05) is 0 Å². The highest BCUT2D eigenvalue weighted by Gasteiger charge is 2.57. The van der Waals surface area contributed by atoms with Crippen LogP contribution in [-0.2, 0) is 5.41 Å². The molecule has 0 spiro atoms. The van der Waals surface area contributed by atoms with Crippen molar-refractivity contribution < 1.29 is 0 Å². The van der Waals surface area contributed by atoms with Crippen LogP contribution in [-0.4, -0.2) is 24.3 Å². The fraction of sp³-hybridized carbons (Fsp3) is 0.682. The molecule has 1 heterocycles. The molecule has 6 rings (SSSR count). The molecule has 1 saturated heterocycles. The molecule has 5 aliphatic rings. The molecule has 2 unspecified atom stereocenters. The Kier molecular flexibility index (Phi) is 3.50. The lowest BCUT2D eigenvalue weighted by Gasteiger charge is -2.61. The van der Waals surface area contributed by atoms with Crippen molar-refractivity contribution in [3.8, 4) is 0 Å². The Bertz CT molecular complexity index is 600. The number of hydrogen-bond donors (Lipinski definition) is 0. The maximum atomic E-state index is 5.01. The summed E-state index contributed by atoms with van der Waals surface area (Å²) in [6.07, 6.45) is 14.9. The van der Waals surface area contributed by atoms with Gasteiger partial charge in [-0.05, 0) is 80.6 Å². The van der Waals surface area contributed by atoms with Gasteiger partial charge in [-0.15, -0.1) is 0 Å². The van der Waals surface area contributed by atoms with E-state index in [0.29, 0.717) is 10.8 Å². The van der Waals surface area contributed by atoms with Gasteiger partial charge in [-0.1, -0.05) is 30.3 Å². The third kappa shape index (κ3) is 2.50. The van der Waals surface area contributed by atoms with Gasteiger partial charge in [-0.2, -0.15) is 5.10 Å². The number of hydrazone groups is 1. The summed E-state index contributed by atoms with van der Waals surface area (Å²) in [6, 6.07) is 11.4. The molecule has 0 radical (unpaired) electrons. The summed E-state index contributed by atoms with van der Waals surface area (Å²) in [4.78, 5) is 0. The molecular weight excluding hydrogens is 292 g/mol. The Morgan fingerprint density at radius 2 is 1.62 bits per heavy atom. The monoisotopic (exact) mass is 322 g/mol. The van der Waals surface area contributed by atoms with Crippen molar-refractivity contribution in [3.05, 3.63) is 35.9 Å². The topological polar surface area (TPSA) is 15.6 Å². The second-order valence-electron chi connectivity index (χ2n) is 9.23. The van der Waals surface area contributed by atoms with Gasteiger partial charge in [0.1, 0.15) is 0 Å². The number of benzene rings is 1. The molecule has 4 saturated carbocycles. The number of nitrogens with zero attached hydrogens (tertiary/aromatic N) is 2. The van der Waals surface area contributed by atoms with E-state index in [9.17, 15) is 0 Å². The molecule has 24 heavy (non-hydrogen) atoms. The van der Waals surface area contributed by atoms with Crippen LogP contribution in [0.2, 0.25) is 0 Å². The van der Waals surface area contributed by atoms with E-state index in [-0.39, 0.29) is 0 Å². The van der Waals surface area contributed by atoms with Gasteiger partial charge >= 0.3 is 0 Å². The zero-order valence-electron chi connectivity index (χ0n) is 14.8. The summed E-state index contributed by atoms with van der Waals surface area (Å²) in [5.74, 6) is 1.86. The summed E-state index contributed by atoms with van der Waals surface area (Å²) in [5.41, 5.74) is 2.44. The largest absolute Gasteiger partial charge is 0.297 e. The lowest BCUT2D eigenvalue weighted by Crippen LogP contribution is -2.54. The predicted octanol–water partition coefficient (Wildman–Crippen LogP) is 5.00. The second-order valence-corrected chi connectivity index (χ2v) is 9.23. The first-order valence-electron chi connectivity index (χ1n) is 10.1. The van der Waals surface area contributed by atoms with E-state index < -0.39 is 0 Å². The van der Waals surface area contributed by atoms with Crippen LogP contribution in [0.5, 0.6) is 0 Å². The standard InChI is InChI=1S/C22H30N2/c1-3-7-20(8-4-1)22-14-18-11-19(15-22)13-21(12-18,16-22)17-23-24-9-5-2-6-10-24/h1,3-4,7-8,17-19H,2,5-6,9-16H2/b23-17+. The molecule has 1 aromatic carbocycles. The van der Waals surface area contributed by atoms with Crippen molar-refractivity contribution in [2.75, 3.05) is 13.1 Å². The van der Waals surface area contributed by atoms with Crippen LogP contribution in [0, 0.1) is 17.3 Å². The predicted molar refractivity (Wildman–Crippen MR) is 99.2 cm³/mol. The molecule has 1 aliphatic heterocycles. The Morgan fingerprint density at radius 3 is 2.33 bits per heavy atom. The summed E-state index contributed by atoms with van der Waals surface area (Å²) >= 11 is 0. The van der Waals surface area contributed by atoms with Gasteiger partial charge < -0.3 is 0 Å². The van der Waals surface area contributed by atoms with Crippen LogP contribution < -0.4 is 0 Å². The molecule has 4 aliphatic carbocycles. The number of rotatable bonds is 3. The average molecular weight is 322 g/mol. The van der Waals surface area contributed by atoms with E-state index in [2.05, 4.69) is 41.6 Å². The summed E-state index contributed by atoms with van der Waals surface area (Å²) < 4.78 is 0. The maximum Gasteiger partial charge on any atom is 0.0360 e. The van der Waals surface area contributed by atoms with E-state index in [1.54, 1.807) is 5.56 Å². The minimum Gasteiger partial charge on any atom is -0.297 e. The lowest BCUT2D eigenvalue weighted by molar-refractivity contribution is -0.0332. The van der Waals surface area contributed by atoms with Crippen LogP contribution in [0.25, 0.3) is 0 Å². The highest BCUT2D eigenvalue weighted by Crippen LogP contribution is 2.65. The maximum absolute atomic E-state index is 5.01. The van der Waals surface area contributed by atoms with Crippen LogP contribution in [0.3, 0.4) is 0 Å². The zero-order valence-corrected chi connectivity index (χ0v) is 14.8. The van der Waals surface area contributed by atoms with Gasteiger partial charge in [-0.25, -0.2) is 0 Å². The first-order chi connectivity index (χ1) is 11.8.